The molecule has 94 valence electrons. The van der Waals surface area contributed by atoms with Crippen molar-refractivity contribution in [3.05, 3.63) is 48.0 Å². The van der Waals surface area contributed by atoms with E-state index in [1.165, 1.54) is 16.3 Å². The molecular weight excluding hydrogens is 226 g/mol. The predicted octanol–water partition coefficient (Wildman–Crippen LogP) is 2.79. The van der Waals surface area contributed by atoms with E-state index in [9.17, 15) is 4.79 Å². The van der Waals surface area contributed by atoms with Crippen LogP contribution in [0.4, 0.5) is 0 Å². The third-order valence-electron chi connectivity index (χ3n) is 2.95. The summed E-state index contributed by atoms with van der Waals surface area (Å²) in [6, 6.07) is 14.5. The lowest BCUT2D eigenvalue weighted by molar-refractivity contribution is -0.137. The van der Waals surface area contributed by atoms with Gasteiger partial charge in [-0.25, -0.2) is 0 Å². The third-order valence-corrected chi connectivity index (χ3v) is 2.95. The van der Waals surface area contributed by atoms with Crippen molar-refractivity contribution >= 4 is 16.7 Å². The Morgan fingerprint density at radius 3 is 2.67 bits per heavy atom. The van der Waals surface area contributed by atoms with Gasteiger partial charge in [-0.15, -0.1) is 0 Å². The highest BCUT2D eigenvalue weighted by Crippen LogP contribution is 2.15. The van der Waals surface area contributed by atoms with Gasteiger partial charge >= 0.3 is 5.97 Å². The van der Waals surface area contributed by atoms with Gasteiger partial charge in [0.15, 0.2) is 0 Å². The SMILES string of the molecule is C[C@@H](CC(=O)O)NCc1ccc2ccccc2c1. The van der Waals surface area contributed by atoms with Gasteiger partial charge in [0.1, 0.15) is 0 Å². The van der Waals surface area contributed by atoms with Crippen molar-refractivity contribution in [2.75, 3.05) is 0 Å². The Hall–Kier alpha value is -1.87. The topological polar surface area (TPSA) is 49.3 Å². The Labute approximate surface area is 106 Å². The quantitative estimate of drug-likeness (QED) is 0.849. The van der Waals surface area contributed by atoms with E-state index in [4.69, 9.17) is 5.11 Å². The average molecular weight is 243 g/mol. The van der Waals surface area contributed by atoms with E-state index in [-0.39, 0.29) is 12.5 Å². The summed E-state index contributed by atoms with van der Waals surface area (Å²) in [4.78, 5) is 10.6. The molecule has 0 aliphatic carbocycles. The molecule has 0 aromatic heterocycles. The van der Waals surface area contributed by atoms with Gasteiger partial charge in [0.2, 0.25) is 0 Å². The maximum absolute atomic E-state index is 10.6. The summed E-state index contributed by atoms with van der Waals surface area (Å²) in [5.74, 6) is -0.770. The zero-order valence-corrected chi connectivity index (χ0v) is 10.4. The number of carboxylic acids is 1. The van der Waals surface area contributed by atoms with Gasteiger partial charge in [-0.3, -0.25) is 4.79 Å². The minimum atomic E-state index is -0.770. The lowest BCUT2D eigenvalue weighted by Gasteiger charge is -2.11. The highest BCUT2D eigenvalue weighted by Gasteiger charge is 2.06. The van der Waals surface area contributed by atoms with E-state index in [1.54, 1.807) is 0 Å². The van der Waals surface area contributed by atoms with Crippen LogP contribution in [-0.4, -0.2) is 17.1 Å². The second kappa shape index (κ2) is 5.65. The van der Waals surface area contributed by atoms with Crippen molar-refractivity contribution in [2.45, 2.75) is 25.9 Å². The number of aliphatic carboxylic acids is 1. The lowest BCUT2D eigenvalue weighted by Crippen LogP contribution is -2.27. The lowest BCUT2D eigenvalue weighted by atomic mass is 10.1. The number of fused-ring (bicyclic) bond motifs is 1. The summed E-state index contributed by atoms with van der Waals surface area (Å²) < 4.78 is 0. The molecule has 0 radical (unpaired) electrons. The number of hydrogen-bond acceptors (Lipinski definition) is 2. The van der Waals surface area contributed by atoms with Gasteiger partial charge in [-0.1, -0.05) is 36.4 Å². The normalized spacial score (nSPS) is 12.5. The van der Waals surface area contributed by atoms with E-state index < -0.39 is 5.97 Å². The molecule has 0 saturated carbocycles. The van der Waals surface area contributed by atoms with Crippen molar-refractivity contribution in [1.82, 2.24) is 5.32 Å². The molecule has 2 N–H and O–H groups in total. The first-order valence-electron chi connectivity index (χ1n) is 6.08. The van der Waals surface area contributed by atoms with Crippen LogP contribution in [0.25, 0.3) is 10.8 Å². The zero-order chi connectivity index (χ0) is 13.0. The molecule has 3 nitrogen and oxygen atoms in total. The molecule has 2 rings (SSSR count). The van der Waals surface area contributed by atoms with Crippen LogP contribution < -0.4 is 5.32 Å². The van der Waals surface area contributed by atoms with Gasteiger partial charge in [0.25, 0.3) is 0 Å². The first-order chi connectivity index (χ1) is 8.65. The first kappa shape index (κ1) is 12.6. The fourth-order valence-electron chi connectivity index (χ4n) is 1.97. The summed E-state index contributed by atoms with van der Waals surface area (Å²) in [5, 5.41) is 14.3. The van der Waals surface area contributed by atoms with Gasteiger partial charge in [0.05, 0.1) is 6.42 Å². The molecule has 0 heterocycles. The molecule has 0 bridgehead atoms. The molecule has 0 saturated heterocycles. The van der Waals surface area contributed by atoms with Crippen LogP contribution in [0.1, 0.15) is 18.9 Å². The number of carboxylic acid groups (broad SMARTS) is 1. The maximum Gasteiger partial charge on any atom is 0.304 e. The zero-order valence-electron chi connectivity index (χ0n) is 10.4. The summed E-state index contributed by atoms with van der Waals surface area (Å²) >= 11 is 0. The second-order valence-corrected chi connectivity index (χ2v) is 4.56. The summed E-state index contributed by atoms with van der Waals surface area (Å²) in [6.45, 7) is 2.58. The van der Waals surface area contributed by atoms with Crippen LogP contribution in [-0.2, 0) is 11.3 Å². The molecule has 0 unspecified atom stereocenters. The Morgan fingerprint density at radius 2 is 1.94 bits per heavy atom. The molecule has 0 fully saturated rings. The molecule has 0 spiro atoms. The van der Waals surface area contributed by atoms with Crippen LogP contribution in [0.3, 0.4) is 0 Å². The summed E-state index contributed by atoms with van der Waals surface area (Å²) in [5.41, 5.74) is 1.17. The van der Waals surface area contributed by atoms with E-state index in [1.807, 2.05) is 19.1 Å². The Balaban J connectivity index is 2.01. The molecule has 2 aromatic rings. The van der Waals surface area contributed by atoms with Crippen molar-refractivity contribution in [1.29, 1.82) is 0 Å². The van der Waals surface area contributed by atoms with Gasteiger partial charge in [-0.2, -0.15) is 0 Å². The van der Waals surface area contributed by atoms with Crippen molar-refractivity contribution in [3.8, 4) is 0 Å². The molecule has 0 aliphatic heterocycles. The highest BCUT2D eigenvalue weighted by molar-refractivity contribution is 5.82. The van der Waals surface area contributed by atoms with Crippen LogP contribution in [0.5, 0.6) is 0 Å². The molecular formula is C15H17NO2. The smallest absolute Gasteiger partial charge is 0.304 e. The van der Waals surface area contributed by atoms with E-state index in [2.05, 4.69) is 35.6 Å². The van der Waals surface area contributed by atoms with Crippen LogP contribution >= 0.6 is 0 Å². The average Bonchev–Trinajstić information content (AvgIpc) is 2.35. The van der Waals surface area contributed by atoms with Crippen molar-refractivity contribution < 1.29 is 9.90 Å². The van der Waals surface area contributed by atoms with Gasteiger partial charge in [0, 0.05) is 12.6 Å². The minimum Gasteiger partial charge on any atom is -0.481 e. The first-order valence-corrected chi connectivity index (χ1v) is 6.08. The van der Waals surface area contributed by atoms with Crippen LogP contribution in [0.15, 0.2) is 42.5 Å². The minimum absolute atomic E-state index is 0.0195. The number of benzene rings is 2. The van der Waals surface area contributed by atoms with Crippen LogP contribution in [0, 0.1) is 0 Å². The molecule has 3 heteroatoms. The van der Waals surface area contributed by atoms with Crippen molar-refractivity contribution in [3.63, 3.8) is 0 Å². The number of hydrogen-bond donors (Lipinski definition) is 2. The fourth-order valence-corrected chi connectivity index (χ4v) is 1.97. The maximum atomic E-state index is 10.6. The molecule has 0 amide bonds. The van der Waals surface area contributed by atoms with E-state index >= 15 is 0 Å². The standard InChI is InChI=1S/C15H17NO2/c1-11(8-15(17)18)16-10-12-6-7-13-4-2-3-5-14(13)9-12/h2-7,9,11,16H,8,10H2,1H3,(H,17,18)/t11-/m0/s1. The monoisotopic (exact) mass is 243 g/mol. The highest BCUT2D eigenvalue weighted by atomic mass is 16.4. The Morgan fingerprint density at radius 1 is 1.22 bits per heavy atom. The number of rotatable bonds is 5. The van der Waals surface area contributed by atoms with E-state index in [0.717, 1.165) is 0 Å². The van der Waals surface area contributed by atoms with Gasteiger partial charge < -0.3 is 10.4 Å². The summed E-state index contributed by atoms with van der Waals surface area (Å²) in [7, 11) is 0. The molecule has 0 aliphatic rings. The Bertz CT molecular complexity index is 551. The summed E-state index contributed by atoms with van der Waals surface area (Å²) in [6.07, 6.45) is 0.146. The molecule has 1 atom stereocenters. The molecule has 18 heavy (non-hydrogen) atoms. The van der Waals surface area contributed by atoms with Crippen molar-refractivity contribution in [2.24, 2.45) is 0 Å². The van der Waals surface area contributed by atoms with E-state index in [0.29, 0.717) is 6.54 Å². The number of nitrogens with one attached hydrogen (secondary N) is 1. The largest absolute Gasteiger partial charge is 0.481 e. The third kappa shape index (κ3) is 3.31. The fraction of sp³-hybridized carbons (Fsp3) is 0.267. The van der Waals surface area contributed by atoms with Crippen LogP contribution in [0.2, 0.25) is 0 Å². The Kier molecular flexibility index (Phi) is 3.95. The predicted molar refractivity (Wildman–Crippen MR) is 72.5 cm³/mol. The molecule has 2 aromatic carbocycles. The second-order valence-electron chi connectivity index (χ2n) is 4.56. The van der Waals surface area contributed by atoms with Gasteiger partial charge in [-0.05, 0) is 29.3 Å². The number of carbonyl (C=O) groups is 1.